The second-order valence-corrected chi connectivity index (χ2v) is 8.49. The lowest BCUT2D eigenvalue weighted by Gasteiger charge is -2.10. The first-order valence-electron chi connectivity index (χ1n) is 5.56. The largest absolute Gasteiger partial charge is 0.491 e. The van der Waals surface area contributed by atoms with E-state index in [1.165, 1.54) is 11.3 Å². The zero-order chi connectivity index (χ0) is 13.5. The van der Waals surface area contributed by atoms with Crippen LogP contribution < -0.4 is 9.46 Å². The van der Waals surface area contributed by atoms with Crippen LogP contribution in [0.3, 0.4) is 0 Å². The Hall–Kier alpha value is -0.890. The highest BCUT2D eigenvalue weighted by Gasteiger charge is 2.29. The minimum atomic E-state index is -3.51. The fourth-order valence-corrected chi connectivity index (χ4v) is 5.17. The molecule has 4 nitrogen and oxygen atoms in total. The van der Waals surface area contributed by atoms with Crippen LogP contribution >= 0.6 is 27.3 Å². The summed E-state index contributed by atoms with van der Waals surface area (Å²) in [4.78, 5) is 0. The molecule has 1 aromatic heterocycles. The van der Waals surface area contributed by atoms with Gasteiger partial charge in [0.2, 0.25) is 0 Å². The molecule has 1 aromatic carbocycles. The van der Waals surface area contributed by atoms with Crippen molar-refractivity contribution >= 4 is 37.3 Å². The van der Waals surface area contributed by atoms with Crippen molar-refractivity contribution < 1.29 is 13.2 Å². The van der Waals surface area contributed by atoms with E-state index in [4.69, 9.17) is 4.74 Å². The number of benzene rings is 1. The van der Waals surface area contributed by atoms with Gasteiger partial charge < -0.3 is 4.74 Å². The molecule has 2 heterocycles. The van der Waals surface area contributed by atoms with E-state index in [1.807, 2.05) is 24.3 Å². The van der Waals surface area contributed by atoms with Gasteiger partial charge in [0.1, 0.15) is 16.6 Å². The van der Waals surface area contributed by atoms with Crippen molar-refractivity contribution in [3.05, 3.63) is 45.7 Å². The summed E-state index contributed by atoms with van der Waals surface area (Å²) in [5.41, 5.74) is 0.877. The van der Waals surface area contributed by atoms with Gasteiger partial charge in [-0.2, -0.15) is 4.72 Å². The highest BCUT2D eigenvalue weighted by atomic mass is 79.9. The summed E-state index contributed by atoms with van der Waals surface area (Å²) in [5.74, 6) is 0.738. The van der Waals surface area contributed by atoms with Crippen LogP contribution in [0.15, 0.2) is 44.4 Å². The molecule has 3 rings (SSSR count). The third kappa shape index (κ3) is 2.55. The Balaban J connectivity index is 1.87. The lowest BCUT2D eigenvalue weighted by Crippen LogP contribution is -2.28. The quantitative estimate of drug-likeness (QED) is 0.916. The molecule has 7 heteroatoms. The fourth-order valence-electron chi connectivity index (χ4n) is 1.95. The highest BCUT2D eigenvalue weighted by Crippen LogP contribution is 2.33. The molecule has 0 bridgehead atoms. The molecule has 0 fully saturated rings. The Bertz CT molecular complexity index is 711. The normalized spacial score (nSPS) is 18.1. The standard InChI is InChI=1S/C12H10BrNO3S2/c13-11-5-6-12(18-11)19(15,16)14-9-7-17-10-4-2-1-3-8(9)10/h1-6,9,14H,7H2. The molecule has 0 radical (unpaired) electrons. The molecule has 0 amide bonds. The maximum atomic E-state index is 12.2. The molecular formula is C12H10BrNO3S2. The van der Waals surface area contributed by atoms with Crippen molar-refractivity contribution in [2.75, 3.05) is 6.61 Å². The Kier molecular flexibility index (Phi) is 3.38. The van der Waals surface area contributed by atoms with Gasteiger partial charge in [0, 0.05) is 5.56 Å². The molecule has 2 aromatic rings. The highest BCUT2D eigenvalue weighted by molar-refractivity contribution is 9.11. The lowest BCUT2D eigenvalue weighted by atomic mass is 10.1. The van der Waals surface area contributed by atoms with E-state index < -0.39 is 10.0 Å². The number of fused-ring (bicyclic) bond motifs is 1. The van der Waals surface area contributed by atoms with Crippen LogP contribution in [0.5, 0.6) is 5.75 Å². The van der Waals surface area contributed by atoms with Gasteiger partial charge in [0.05, 0.1) is 9.83 Å². The van der Waals surface area contributed by atoms with Gasteiger partial charge in [-0.1, -0.05) is 18.2 Å². The maximum Gasteiger partial charge on any atom is 0.250 e. The number of thiophene rings is 1. The van der Waals surface area contributed by atoms with Crippen LogP contribution in [0.4, 0.5) is 0 Å². The summed E-state index contributed by atoms with van der Waals surface area (Å²) in [5, 5.41) is 0. The third-order valence-corrected chi connectivity index (χ3v) is 6.40. The first-order valence-corrected chi connectivity index (χ1v) is 8.65. The molecule has 1 aliphatic rings. The number of para-hydroxylation sites is 1. The van der Waals surface area contributed by atoms with Gasteiger partial charge in [-0.05, 0) is 34.1 Å². The molecule has 0 saturated heterocycles. The Morgan fingerprint density at radius 1 is 1.26 bits per heavy atom. The minimum absolute atomic E-state index is 0.295. The van der Waals surface area contributed by atoms with Gasteiger partial charge in [-0.15, -0.1) is 11.3 Å². The number of sulfonamides is 1. The van der Waals surface area contributed by atoms with Gasteiger partial charge >= 0.3 is 0 Å². The van der Waals surface area contributed by atoms with Crippen molar-refractivity contribution in [2.45, 2.75) is 10.3 Å². The van der Waals surface area contributed by atoms with E-state index in [2.05, 4.69) is 20.7 Å². The smallest absolute Gasteiger partial charge is 0.250 e. The number of hydrogen-bond acceptors (Lipinski definition) is 4. The minimum Gasteiger partial charge on any atom is -0.491 e. The first kappa shape index (κ1) is 13.1. The summed E-state index contributed by atoms with van der Waals surface area (Å²) in [6.07, 6.45) is 0. The summed E-state index contributed by atoms with van der Waals surface area (Å²) >= 11 is 4.45. The van der Waals surface area contributed by atoms with Crippen molar-refractivity contribution in [3.63, 3.8) is 0 Å². The number of nitrogens with one attached hydrogen (secondary N) is 1. The Morgan fingerprint density at radius 3 is 2.79 bits per heavy atom. The molecule has 19 heavy (non-hydrogen) atoms. The molecule has 1 atom stereocenters. The van der Waals surface area contributed by atoms with Crippen LogP contribution in [-0.4, -0.2) is 15.0 Å². The molecule has 100 valence electrons. The summed E-state index contributed by atoms with van der Waals surface area (Å²) in [7, 11) is -3.51. The van der Waals surface area contributed by atoms with Crippen molar-refractivity contribution in [1.29, 1.82) is 0 Å². The molecule has 1 aliphatic heterocycles. The Morgan fingerprint density at radius 2 is 2.05 bits per heavy atom. The second-order valence-electron chi connectivity index (χ2n) is 4.08. The van der Waals surface area contributed by atoms with Crippen LogP contribution in [0, 0.1) is 0 Å². The van der Waals surface area contributed by atoms with Crippen molar-refractivity contribution in [3.8, 4) is 5.75 Å². The predicted molar refractivity (Wildman–Crippen MR) is 77.0 cm³/mol. The van der Waals surface area contributed by atoms with E-state index >= 15 is 0 Å². The average Bonchev–Trinajstić information content (AvgIpc) is 2.97. The number of hydrogen-bond donors (Lipinski definition) is 1. The van der Waals surface area contributed by atoms with Gasteiger partial charge in [0.25, 0.3) is 10.0 Å². The van der Waals surface area contributed by atoms with E-state index in [-0.39, 0.29) is 6.04 Å². The monoisotopic (exact) mass is 359 g/mol. The van der Waals surface area contributed by atoms with E-state index in [0.29, 0.717) is 10.8 Å². The van der Waals surface area contributed by atoms with Crippen molar-refractivity contribution in [2.24, 2.45) is 0 Å². The molecule has 1 N–H and O–H groups in total. The number of rotatable bonds is 3. The van der Waals surface area contributed by atoms with E-state index in [9.17, 15) is 8.42 Å². The fraction of sp³-hybridized carbons (Fsp3) is 0.167. The van der Waals surface area contributed by atoms with Gasteiger partial charge in [0.15, 0.2) is 0 Å². The van der Waals surface area contributed by atoms with E-state index in [0.717, 1.165) is 15.1 Å². The molecule has 0 aliphatic carbocycles. The van der Waals surface area contributed by atoms with Crippen LogP contribution in [-0.2, 0) is 10.0 Å². The zero-order valence-electron chi connectivity index (χ0n) is 9.67. The molecule has 0 spiro atoms. The van der Waals surface area contributed by atoms with Crippen LogP contribution in [0.25, 0.3) is 0 Å². The van der Waals surface area contributed by atoms with Gasteiger partial charge in [-0.25, -0.2) is 8.42 Å². The van der Waals surface area contributed by atoms with Crippen LogP contribution in [0.1, 0.15) is 11.6 Å². The average molecular weight is 360 g/mol. The third-order valence-electron chi connectivity index (χ3n) is 2.81. The number of halogens is 1. The lowest BCUT2D eigenvalue weighted by molar-refractivity contribution is 0.325. The zero-order valence-corrected chi connectivity index (χ0v) is 12.9. The van der Waals surface area contributed by atoms with Gasteiger partial charge in [-0.3, -0.25) is 0 Å². The predicted octanol–water partition coefficient (Wildman–Crippen LogP) is 2.92. The van der Waals surface area contributed by atoms with Crippen LogP contribution in [0.2, 0.25) is 0 Å². The second kappa shape index (κ2) is 4.90. The Labute approximate surface area is 123 Å². The summed E-state index contributed by atoms with van der Waals surface area (Å²) in [6.45, 7) is 0.325. The molecular weight excluding hydrogens is 350 g/mol. The summed E-state index contributed by atoms with van der Waals surface area (Å²) < 4.78 is 33.7. The number of ether oxygens (including phenoxy) is 1. The molecule has 1 unspecified atom stereocenters. The van der Waals surface area contributed by atoms with E-state index in [1.54, 1.807) is 12.1 Å². The van der Waals surface area contributed by atoms with Crippen molar-refractivity contribution in [1.82, 2.24) is 4.72 Å². The SMILES string of the molecule is O=S(=O)(NC1COc2ccccc21)c1ccc(Br)s1. The molecule has 0 saturated carbocycles. The first-order chi connectivity index (χ1) is 9.06. The maximum absolute atomic E-state index is 12.2. The summed E-state index contributed by atoms with van der Waals surface area (Å²) in [6, 6.07) is 10.4. The topological polar surface area (TPSA) is 55.4 Å².